The van der Waals surface area contributed by atoms with E-state index in [2.05, 4.69) is 5.32 Å². The maximum atomic E-state index is 12.6. The van der Waals surface area contributed by atoms with Crippen molar-refractivity contribution in [2.75, 3.05) is 25.0 Å². The molecule has 0 aliphatic carbocycles. The van der Waals surface area contributed by atoms with Crippen molar-refractivity contribution in [1.29, 1.82) is 0 Å². The number of anilines is 1. The Bertz CT molecular complexity index is 786. The van der Waals surface area contributed by atoms with Crippen molar-refractivity contribution in [3.05, 3.63) is 24.3 Å². The first-order chi connectivity index (χ1) is 12.5. The Morgan fingerprint density at radius 1 is 1.15 bits per heavy atom. The number of rotatable bonds is 5. The largest absolute Gasteiger partial charge is 0.405 e. The number of benzene rings is 1. The highest BCUT2D eigenvalue weighted by molar-refractivity contribution is 7.89. The quantitative estimate of drug-likeness (QED) is 0.777. The molecule has 1 aliphatic rings. The maximum absolute atomic E-state index is 12.6. The highest BCUT2D eigenvalue weighted by Gasteiger charge is 2.34. The predicted octanol–water partition coefficient (Wildman–Crippen LogP) is 1.72. The lowest BCUT2D eigenvalue weighted by Gasteiger charge is -2.30. The van der Waals surface area contributed by atoms with Gasteiger partial charge in [0.25, 0.3) is 0 Å². The third-order valence-electron chi connectivity index (χ3n) is 4.10. The monoisotopic (exact) mass is 407 g/mol. The minimum Gasteiger partial charge on any atom is -0.347 e. The predicted molar refractivity (Wildman–Crippen MR) is 91.3 cm³/mol. The molecule has 150 valence electrons. The number of amides is 2. The molecule has 1 aromatic rings. The van der Waals surface area contributed by atoms with Crippen LogP contribution in [0.3, 0.4) is 0 Å². The number of nitrogens with one attached hydrogen (secondary N) is 2. The van der Waals surface area contributed by atoms with Gasteiger partial charge in [0.2, 0.25) is 21.8 Å². The molecule has 7 nitrogen and oxygen atoms in total. The molecule has 0 unspecified atom stereocenters. The number of hydrogen-bond acceptors (Lipinski definition) is 4. The highest BCUT2D eigenvalue weighted by Crippen LogP contribution is 2.25. The lowest BCUT2D eigenvalue weighted by atomic mass is 9.97. The Labute approximate surface area is 155 Å². The lowest BCUT2D eigenvalue weighted by Crippen LogP contribution is -2.44. The third-order valence-corrected chi connectivity index (χ3v) is 6.01. The molecule has 1 aliphatic heterocycles. The summed E-state index contributed by atoms with van der Waals surface area (Å²) in [6.07, 6.45) is -4.19. The molecule has 2 amide bonds. The first kappa shape index (κ1) is 21.2. The van der Waals surface area contributed by atoms with E-state index in [-0.39, 0.29) is 36.7 Å². The van der Waals surface area contributed by atoms with E-state index in [1.54, 1.807) is 0 Å². The summed E-state index contributed by atoms with van der Waals surface area (Å²) in [7, 11) is -3.78. The summed E-state index contributed by atoms with van der Waals surface area (Å²) in [5, 5.41) is 4.36. The van der Waals surface area contributed by atoms with Crippen LogP contribution in [0.4, 0.5) is 18.9 Å². The van der Waals surface area contributed by atoms with Crippen molar-refractivity contribution in [3.63, 3.8) is 0 Å². The van der Waals surface area contributed by atoms with E-state index in [0.29, 0.717) is 5.69 Å². The van der Waals surface area contributed by atoms with Gasteiger partial charge in [-0.3, -0.25) is 9.59 Å². The molecule has 0 atom stereocenters. The molecule has 27 heavy (non-hydrogen) atoms. The summed E-state index contributed by atoms with van der Waals surface area (Å²) in [5.41, 5.74) is 0.460. The number of carbonyl (C=O) groups excluding carboxylic acids is 2. The van der Waals surface area contributed by atoms with Crippen LogP contribution >= 0.6 is 0 Å². The standard InChI is InChI=1S/C16H20F3N3O4S/c1-11(23)21-13-2-4-14(5-3-13)27(25,26)22-8-6-12(7-9-22)15(24)20-10-16(17,18)19/h2-5,12H,6-10H2,1H3,(H,20,24)(H,21,23). The fourth-order valence-corrected chi connectivity index (χ4v) is 4.22. The number of piperidine rings is 1. The molecule has 2 N–H and O–H groups in total. The average molecular weight is 407 g/mol. The van der Waals surface area contributed by atoms with E-state index in [9.17, 15) is 31.2 Å². The molecule has 1 saturated heterocycles. The van der Waals surface area contributed by atoms with E-state index in [4.69, 9.17) is 0 Å². The van der Waals surface area contributed by atoms with Crippen molar-refractivity contribution in [1.82, 2.24) is 9.62 Å². The SMILES string of the molecule is CC(=O)Nc1ccc(S(=O)(=O)N2CCC(C(=O)NCC(F)(F)F)CC2)cc1. The van der Waals surface area contributed by atoms with Crippen LogP contribution in [0.5, 0.6) is 0 Å². The van der Waals surface area contributed by atoms with Crippen LogP contribution < -0.4 is 10.6 Å². The second-order valence-corrected chi connectivity index (χ2v) is 8.15. The van der Waals surface area contributed by atoms with Gasteiger partial charge in [-0.25, -0.2) is 8.42 Å². The zero-order valence-electron chi connectivity index (χ0n) is 14.5. The van der Waals surface area contributed by atoms with Crippen LogP contribution in [-0.4, -0.2) is 50.3 Å². The van der Waals surface area contributed by atoms with Crippen molar-refractivity contribution < 1.29 is 31.2 Å². The van der Waals surface area contributed by atoms with Gasteiger partial charge < -0.3 is 10.6 Å². The topological polar surface area (TPSA) is 95.6 Å². The summed E-state index contributed by atoms with van der Waals surface area (Å²) in [6, 6.07) is 5.66. The lowest BCUT2D eigenvalue weighted by molar-refractivity contribution is -0.141. The Morgan fingerprint density at radius 3 is 2.19 bits per heavy atom. The van der Waals surface area contributed by atoms with Crippen molar-refractivity contribution in [2.45, 2.75) is 30.8 Å². The fourth-order valence-electron chi connectivity index (χ4n) is 2.75. The Morgan fingerprint density at radius 2 is 1.70 bits per heavy atom. The second-order valence-electron chi connectivity index (χ2n) is 6.22. The van der Waals surface area contributed by atoms with Crippen molar-refractivity contribution >= 4 is 27.5 Å². The van der Waals surface area contributed by atoms with Gasteiger partial charge in [-0.05, 0) is 37.1 Å². The van der Waals surface area contributed by atoms with Gasteiger partial charge in [0, 0.05) is 31.6 Å². The van der Waals surface area contributed by atoms with Gasteiger partial charge in [0.1, 0.15) is 6.54 Å². The molecule has 1 heterocycles. The normalized spacial score (nSPS) is 16.7. The van der Waals surface area contributed by atoms with E-state index < -0.39 is 34.6 Å². The number of alkyl halides is 3. The van der Waals surface area contributed by atoms with Gasteiger partial charge in [-0.2, -0.15) is 17.5 Å². The molecule has 0 bridgehead atoms. The summed E-state index contributed by atoms with van der Waals surface area (Å²) in [6.45, 7) is 0.0183. The van der Waals surface area contributed by atoms with Crippen LogP contribution in [0.2, 0.25) is 0 Å². The minimum absolute atomic E-state index is 0.0385. The molecular formula is C16H20F3N3O4S. The summed E-state index contributed by atoms with van der Waals surface area (Å²) in [5.74, 6) is -1.65. The second kappa shape index (κ2) is 8.26. The molecule has 0 aromatic heterocycles. The van der Waals surface area contributed by atoms with Crippen LogP contribution in [0.25, 0.3) is 0 Å². The number of nitrogens with zero attached hydrogens (tertiary/aromatic N) is 1. The van der Waals surface area contributed by atoms with Crippen molar-refractivity contribution in [2.24, 2.45) is 5.92 Å². The Hall–Kier alpha value is -2.14. The molecular weight excluding hydrogens is 387 g/mol. The molecule has 0 radical (unpaired) electrons. The first-order valence-electron chi connectivity index (χ1n) is 8.21. The minimum atomic E-state index is -4.48. The smallest absolute Gasteiger partial charge is 0.347 e. The van der Waals surface area contributed by atoms with Crippen LogP contribution in [0.1, 0.15) is 19.8 Å². The number of halogens is 3. The Balaban J connectivity index is 1.96. The zero-order chi connectivity index (χ0) is 20.2. The number of sulfonamides is 1. The molecule has 0 spiro atoms. The maximum Gasteiger partial charge on any atom is 0.405 e. The molecule has 1 aromatic carbocycles. The van der Waals surface area contributed by atoms with Gasteiger partial charge >= 0.3 is 6.18 Å². The van der Waals surface area contributed by atoms with Gasteiger partial charge in [-0.15, -0.1) is 0 Å². The van der Waals surface area contributed by atoms with Crippen LogP contribution in [0.15, 0.2) is 29.2 Å². The molecule has 1 fully saturated rings. The zero-order valence-corrected chi connectivity index (χ0v) is 15.4. The number of hydrogen-bond donors (Lipinski definition) is 2. The van der Waals surface area contributed by atoms with Crippen molar-refractivity contribution in [3.8, 4) is 0 Å². The van der Waals surface area contributed by atoms with Crippen LogP contribution in [-0.2, 0) is 19.6 Å². The Kier molecular flexibility index (Phi) is 6.47. The van der Waals surface area contributed by atoms with Crippen LogP contribution in [0, 0.1) is 5.92 Å². The first-order valence-corrected chi connectivity index (χ1v) is 9.65. The van der Waals surface area contributed by atoms with E-state index in [1.165, 1.54) is 35.5 Å². The molecule has 2 rings (SSSR count). The number of carbonyl (C=O) groups is 2. The average Bonchev–Trinajstić information content (AvgIpc) is 2.59. The van der Waals surface area contributed by atoms with E-state index >= 15 is 0 Å². The van der Waals surface area contributed by atoms with E-state index in [0.717, 1.165) is 0 Å². The van der Waals surface area contributed by atoms with Gasteiger partial charge in [0.15, 0.2) is 0 Å². The summed E-state index contributed by atoms with van der Waals surface area (Å²) >= 11 is 0. The highest BCUT2D eigenvalue weighted by atomic mass is 32.2. The van der Waals surface area contributed by atoms with Gasteiger partial charge in [0.05, 0.1) is 4.90 Å². The molecule has 11 heteroatoms. The summed E-state index contributed by atoms with van der Waals surface area (Å²) < 4.78 is 63.0. The summed E-state index contributed by atoms with van der Waals surface area (Å²) in [4.78, 5) is 22.8. The van der Waals surface area contributed by atoms with Gasteiger partial charge in [-0.1, -0.05) is 0 Å². The fraction of sp³-hybridized carbons (Fsp3) is 0.500. The molecule has 0 saturated carbocycles. The third kappa shape index (κ3) is 5.93. The van der Waals surface area contributed by atoms with E-state index in [1.807, 2.05) is 5.32 Å².